The highest BCUT2D eigenvalue weighted by Crippen LogP contribution is 2.18. The summed E-state index contributed by atoms with van der Waals surface area (Å²) in [6.45, 7) is 8.17. The van der Waals surface area contributed by atoms with Gasteiger partial charge in [-0.2, -0.15) is 0 Å². The highest BCUT2D eigenvalue weighted by Gasteiger charge is 2.30. The first-order valence-corrected chi connectivity index (χ1v) is 11.2. The molecule has 0 heterocycles. The van der Waals surface area contributed by atoms with Crippen LogP contribution in [0.25, 0.3) is 0 Å². The van der Waals surface area contributed by atoms with Gasteiger partial charge in [-0.05, 0) is 75.6 Å². The average Bonchev–Trinajstić information content (AvgIpc) is 2.72. The maximum atomic E-state index is 13.3. The minimum absolute atomic E-state index is 0.148. The largest absolute Gasteiger partial charge is 0.494 e. The third-order valence-corrected chi connectivity index (χ3v) is 5.02. The first-order valence-electron chi connectivity index (χ1n) is 10.8. The molecule has 32 heavy (non-hydrogen) atoms. The Morgan fingerprint density at radius 2 is 1.72 bits per heavy atom. The predicted molar refractivity (Wildman–Crippen MR) is 125 cm³/mol. The zero-order valence-electron chi connectivity index (χ0n) is 19.2. The molecule has 2 aromatic carbocycles. The molecule has 2 rings (SSSR count). The van der Waals surface area contributed by atoms with Crippen LogP contribution >= 0.6 is 11.6 Å². The van der Waals surface area contributed by atoms with Crippen molar-refractivity contribution in [3.05, 3.63) is 64.9 Å². The molecular weight excluding hydrogens is 431 g/mol. The van der Waals surface area contributed by atoms with Crippen LogP contribution in [0.15, 0.2) is 48.5 Å². The van der Waals surface area contributed by atoms with Gasteiger partial charge < -0.3 is 15.0 Å². The topological polar surface area (TPSA) is 58.6 Å². The molecular formula is C25H32ClFN2O3. The molecule has 5 nitrogen and oxygen atoms in total. The SMILES string of the molecule is CC[C@@H](C(=O)NC(C)(C)C)N(Cc1ccc(F)cc1)C(=O)CCCOc1ccc(Cl)cc1. The second-order valence-electron chi connectivity index (χ2n) is 8.72. The van der Waals surface area contributed by atoms with Gasteiger partial charge in [0, 0.05) is 23.5 Å². The molecule has 174 valence electrons. The smallest absolute Gasteiger partial charge is 0.243 e. The Labute approximate surface area is 194 Å². The van der Waals surface area contributed by atoms with Crippen molar-refractivity contribution in [3.63, 3.8) is 0 Å². The van der Waals surface area contributed by atoms with Crippen molar-refractivity contribution in [1.82, 2.24) is 10.2 Å². The maximum Gasteiger partial charge on any atom is 0.243 e. The summed E-state index contributed by atoms with van der Waals surface area (Å²) in [6.07, 6.45) is 1.20. The van der Waals surface area contributed by atoms with E-state index >= 15 is 0 Å². The number of carbonyl (C=O) groups is 2. The van der Waals surface area contributed by atoms with E-state index in [9.17, 15) is 14.0 Å². The highest BCUT2D eigenvalue weighted by molar-refractivity contribution is 6.30. The van der Waals surface area contributed by atoms with Crippen molar-refractivity contribution in [2.45, 2.75) is 65.1 Å². The minimum atomic E-state index is -0.621. The molecule has 0 unspecified atom stereocenters. The molecule has 0 aliphatic carbocycles. The van der Waals surface area contributed by atoms with Crippen LogP contribution in [-0.2, 0) is 16.1 Å². The van der Waals surface area contributed by atoms with Crippen LogP contribution in [0.4, 0.5) is 4.39 Å². The predicted octanol–water partition coefficient (Wildman–Crippen LogP) is 5.36. The first kappa shape index (κ1) is 25.7. The standard InChI is InChI=1S/C25H32ClFN2O3/c1-5-22(24(31)28-25(2,3)4)29(17-18-8-12-20(27)13-9-18)23(30)7-6-16-32-21-14-10-19(26)11-15-21/h8-15,22H,5-7,16-17H2,1-4H3,(H,28,31)/t22-/m0/s1. The van der Waals surface area contributed by atoms with E-state index in [0.29, 0.717) is 30.2 Å². The van der Waals surface area contributed by atoms with E-state index in [4.69, 9.17) is 16.3 Å². The van der Waals surface area contributed by atoms with Gasteiger partial charge in [-0.15, -0.1) is 0 Å². The molecule has 2 aromatic rings. The third kappa shape index (κ3) is 8.50. The molecule has 0 fully saturated rings. The lowest BCUT2D eigenvalue weighted by Gasteiger charge is -2.33. The lowest BCUT2D eigenvalue weighted by Crippen LogP contribution is -2.53. The molecule has 0 radical (unpaired) electrons. The van der Waals surface area contributed by atoms with E-state index in [2.05, 4.69) is 5.32 Å². The van der Waals surface area contributed by atoms with Crippen LogP contribution in [0.2, 0.25) is 5.02 Å². The van der Waals surface area contributed by atoms with Gasteiger partial charge in [0.2, 0.25) is 11.8 Å². The molecule has 0 saturated carbocycles. The quantitative estimate of drug-likeness (QED) is 0.483. The first-order chi connectivity index (χ1) is 15.1. The molecule has 7 heteroatoms. The van der Waals surface area contributed by atoms with Crippen LogP contribution in [0, 0.1) is 5.82 Å². The fraction of sp³-hybridized carbons (Fsp3) is 0.440. The number of hydrogen-bond acceptors (Lipinski definition) is 3. The number of benzene rings is 2. The number of nitrogens with one attached hydrogen (secondary N) is 1. The lowest BCUT2D eigenvalue weighted by molar-refractivity contribution is -0.142. The fourth-order valence-electron chi connectivity index (χ4n) is 3.25. The highest BCUT2D eigenvalue weighted by atomic mass is 35.5. The van der Waals surface area contributed by atoms with Gasteiger partial charge in [-0.3, -0.25) is 9.59 Å². The minimum Gasteiger partial charge on any atom is -0.494 e. The van der Waals surface area contributed by atoms with Crippen molar-refractivity contribution < 1.29 is 18.7 Å². The number of amides is 2. The third-order valence-electron chi connectivity index (χ3n) is 4.77. The molecule has 1 atom stereocenters. The summed E-state index contributed by atoms with van der Waals surface area (Å²) in [4.78, 5) is 27.6. The molecule has 1 N–H and O–H groups in total. The molecule has 0 aliphatic rings. The number of nitrogens with zero attached hydrogens (tertiary/aromatic N) is 1. The maximum absolute atomic E-state index is 13.3. The zero-order valence-corrected chi connectivity index (χ0v) is 19.9. The van der Waals surface area contributed by atoms with E-state index in [1.165, 1.54) is 12.1 Å². The van der Waals surface area contributed by atoms with E-state index in [1.54, 1.807) is 41.3 Å². The van der Waals surface area contributed by atoms with Gasteiger partial charge >= 0.3 is 0 Å². The Kier molecular flexibility index (Phi) is 9.51. The lowest BCUT2D eigenvalue weighted by atomic mass is 10.0. The van der Waals surface area contributed by atoms with E-state index < -0.39 is 11.6 Å². The average molecular weight is 463 g/mol. The second-order valence-corrected chi connectivity index (χ2v) is 9.15. The Bertz CT molecular complexity index is 880. The summed E-state index contributed by atoms with van der Waals surface area (Å²) in [7, 11) is 0. The summed E-state index contributed by atoms with van der Waals surface area (Å²) in [5, 5.41) is 3.59. The number of ether oxygens (including phenoxy) is 1. The molecule has 0 aromatic heterocycles. The summed E-state index contributed by atoms with van der Waals surface area (Å²) >= 11 is 5.87. The molecule has 0 spiro atoms. The van der Waals surface area contributed by atoms with Crippen LogP contribution in [-0.4, -0.2) is 34.9 Å². The summed E-state index contributed by atoms with van der Waals surface area (Å²) in [5.74, 6) is -0.0117. The Morgan fingerprint density at radius 1 is 1.09 bits per heavy atom. The van der Waals surface area contributed by atoms with Crippen molar-refractivity contribution in [1.29, 1.82) is 0 Å². The molecule has 0 saturated heterocycles. The number of hydrogen-bond donors (Lipinski definition) is 1. The van der Waals surface area contributed by atoms with Crippen LogP contribution in [0.3, 0.4) is 0 Å². The van der Waals surface area contributed by atoms with Gasteiger partial charge in [0.15, 0.2) is 0 Å². The van der Waals surface area contributed by atoms with Crippen LogP contribution in [0.5, 0.6) is 5.75 Å². The zero-order chi connectivity index (χ0) is 23.7. The number of carbonyl (C=O) groups excluding carboxylic acids is 2. The monoisotopic (exact) mass is 462 g/mol. The summed E-state index contributed by atoms with van der Waals surface area (Å²) < 4.78 is 19.0. The van der Waals surface area contributed by atoms with Crippen molar-refractivity contribution in [3.8, 4) is 5.75 Å². The van der Waals surface area contributed by atoms with E-state index in [-0.39, 0.29) is 30.6 Å². The molecule has 0 aliphatic heterocycles. The van der Waals surface area contributed by atoms with E-state index in [1.807, 2.05) is 27.7 Å². The Balaban J connectivity index is 2.07. The van der Waals surface area contributed by atoms with E-state index in [0.717, 1.165) is 5.56 Å². The fourth-order valence-corrected chi connectivity index (χ4v) is 3.37. The summed E-state index contributed by atoms with van der Waals surface area (Å²) in [5.41, 5.74) is 0.348. The number of halogens is 2. The van der Waals surface area contributed by atoms with Crippen molar-refractivity contribution in [2.24, 2.45) is 0 Å². The van der Waals surface area contributed by atoms with Crippen LogP contribution in [0.1, 0.15) is 52.5 Å². The van der Waals surface area contributed by atoms with Gasteiger partial charge in [0.25, 0.3) is 0 Å². The second kappa shape index (κ2) is 11.9. The number of rotatable bonds is 10. The van der Waals surface area contributed by atoms with Gasteiger partial charge in [0.05, 0.1) is 6.61 Å². The van der Waals surface area contributed by atoms with Crippen molar-refractivity contribution in [2.75, 3.05) is 6.61 Å². The summed E-state index contributed by atoms with van der Waals surface area (Å²) in [6, 6.07) is 12.4. The molecule has 2 amide bonds. The van der Waals surface area contributed by atoms with Gasteiger partial charge in [-0.1, -0.05) is 30.7 Å². The van der Waals surface area contributed by atoms with Gasteiger partial charge in [-0.25, -0.2) is 4.39 Å². The van der Waals surface area contributed by atoms with Gasteiger partial charge in [0.1, 0.15) is 17.6 Å². The van der Waals surface area contributed by atoms with Crippen LogP contribution < -0.4 is 10.1 Å². The normalized spacial score (nSPS) is 12.2. The molecule has 0 bridgehead atoms. The Morgan fingerprint density at radius 3 is 2.28 bits per heavy atom. The van der Waals surface area contributed by atoms with Crippen molar-refractivity contribution >= 4 is 23.4 Å². The Hall–Kier alpha value is -2.60.